The zero-order chi connectivity index (χ0) is 9.30. The molecule has 1 rings (SSSR count). The molecule has 0 atom stereocenters. The van der Waals surface area contributed by atoms with Crippen LogP contribution >= 0.6 is 0 Å². The second-order valence-electron chi connectivity index (χ2n) is 2.54. The second kappa shape index (κ2) is 2.81. The lowest BCUT2D eigenvalue weighted by Gasteiger charge is -1.99. The van der Waals surface area contributed by atoms with Crippen molar-refractivity contribution in [1.82, 2.24) is 0 Å². The van der Waals surface area contributed by atoms with E-state index in [-0.39, 0.29) is 16.8 Å². The Labute approximate surface area is 69.0 Å². The van der Waals surface area contributed by atoms with Gasteiger partial charge in [0, 0.05) is 5.56 Å². The van der Waals surface area contributed by atoms with E-state index in [4.69, 9.17) is 10.2 Å². The van der Waals surface area contributed by atoms with Crippen LogP contribution in [0.2, 0.25) is 0 Å². The molecule has 4 heteroatoms. The summed E-state index contributed by atoms with van der Waals surface area (Å²) in [5.74, 6) is -0.483. The first-order chi connectivity index (χ1) is 5.54. The highest BCUT2D eigenvalue weighted by atomic mass is 16.3. The molecule has 64 valence electrons. The molecule has 0 spiro atoms. The van der Waals surface area contributed by atoms with Crippen molar-refractivity contribution in [3.8, 4) is 0 Å². The number of carbonyl (C=O) groups is 1. The van der Waals surface area contributed by atoms with Gasteiger partial charge < -0.3 is 10.2 Å². The number of rotatable bonds is 1. The van der Waals surface area contributed by atoms with Crippen LogP contribution in [0.5, 0.6) is 0 Å². The molecule has 0 bridgehead atoms. The Morgan fingerprint density at radius 1 is 1.50 bits per heavy atom. The first-order valence-electron chi connectivity index (χ1n) is 3.43. The molecule has 0 unspecified atom stereocenters. The summed E-state index contributed by atoms with van der Waals surface area (Å²) in [6.07, 6.45) is 1.31. The number of hydrogen-bond donors (Lipinski definition) is 1. The van der Waals surface area contributed by atoms with Crippen LogP contribution in [0.15, 0.2) is 15.5 Å². The van der Waals surface area contributed by atoms with Crippen molar-refractivity contribution in [1.29, 1.82) is 0 Å². The van der Waals surface area contributed by atoms with E-state index in [2.05, 4.69) is 0 Å². The number of carbonyl (C=O) groups excluding carboxylic acids is 1. The van der Waals surface area contributed by atoms with Crippen molar-refractivity contribution in [3.63, 3.8) is 0 Å². The third-order valence-corrected chi connectivity index (χ3v) is 1.60. The molecule has 0 saturated carbocycles. The Hall–Kier alpha value is -1.58. The first-order valence-corrected chi connectivity index (χ1v) is 3.43. The molecule has 0 aliphatic carbocycles. The molecule has 1 aromatic rings. The molecule has 4 nitrogen and oxygen atoms in total. The van der Waals surface area contributed by atoms with Crippen molar-refractivity contribution >= 4 is 5.91 Å². The highest BCUT2D eigenvalue weighted by molar-refractivity contribution is 5.93. The molecule has 1 aromatic heterocycles. The zero-order valence-corrected chi connectivity index (χ0v) is 6.88. The van der Waals surface area contributed by atoms with Gasteiger partial charge in [-0.3, -0.25) is 9.59 Å². The van der Waals surface area contributed by atoms with Gasteiger partial charge in [0.2, 0.25) is 5.43 Å². The van der Waals surface area contributed by atoms with E-state index in [1.54, 1.807) is 6.92 Å². The molecule has 0 aliphatic heterocycles. The van der Waals surface area contributed by atoms with Gasteiger partial charge in [-0.15, -0.1) is 0 Å². The van der Waals surface area contributed by atoms with Crippen LogP contribution in [0.3, 0.4) is 0 Å². The van der Waals surface area contributed by atoms with E-state index in [1.807, 2.05) is 0 Å². The molecular formula is C8H9NO3. The van der Waals surface area contributed by atoms with Crippen molar-refractivity contribution in [2.75, 3.05) is 0 Å². The Balaban J connectivity index is 3.55. The van der Waals surface area contributed by atoms with Crippen LogP contribution in [0.1, 0.15) is 21.7 Å². The van der Waals surface area contributed by atoms with Crippen LogP contribution in [-0.2, 0) is 0 Å². The van der Waals surface area contributed by atoms with Gasteiger partial charge >= 0.3 is 0 Å². The summed E-state index contributed by atoms with van der Waals surface area (Å²) in [5, 5.41) is 0. The van der Waals surface area contributed by atoms with Gasteiger partial charge in [-0.25, -0.2) is 0 Å². The quantitative estimate of drug-likeness (QED) is 0.656. The van der Waals surface area contributed by atoms with E-state index in [0.29, 0.717) is 5.56 Å². The number of hydrogen-bond acceptors (Lipinski definition) is 3. The van der Waals surface area contributed by atoms with Gasteiger partial charge in [-0.2, -0.15) is 0 Å². The summed E-state index contributed by atoms with van der Waals surface area (Å²) in [5.41, 5.74) is 4.95. The standard InChI is InChI=1S/C8H9NO3/c1-4-3-12-5(2)6(7(4)10)8(9)11/h3H,1-2H3,(H2,9,11). The van der Waals surface area contributed by atoms with Crippen LogP contribution in [0.4, 0.5) is 0 Å². The third kappa shape index (κ3) is 1.23. The third-order valence-electron chi connectivity index (χ3n) is 1.60. The van der Waals surface area contributed by atoms with Gasteiger partial charge in [0.15, 0.2) is 0 Å². The number of nitrogens with two attached hydrogens (primary N) is 1. The average molecular weight is 167 g/mol. The summed E-state index contributed by atoms with van der Waals surface area (Å²) >= 11 is 0. The normalized spacial score (nSPS) is 9.83. The van der Waals surface area contributed by atoms with E-state index in [0.717, 1.165) is 0 Å². The van der Waals surface area contributed by atoms with E-state index in [9.17, 15) is 9.59 Å². The summed E-state index contributed by atoms with van der Waals surface area (Å²) in [6.45, 7) is 3.10. The van der Waals surface area contributed by atoms with E-state index >= 15 is 0 Å². The fourth-order valence-corrected chi connectivity index (χ4v) is 0.932. The molecule has 0 saturated heterocycles. The first kappa shape index (κ1) is 8.52. The summed E-state index contributed by atoms with van der Waals surface area (Å²) in [7, 11) is 0. The van der Waals surface area contributed by atoms with Crippen LogP contribution in [0.25, 0.3) is 0 Å². The highest BCUT2D eigenvalue weighted by Gasteiger charge is 2.12. The molecule has 1 heterocycles. The predicted molar refractivity (Wildman–Crippen MR) is 43.0 cm³/mol. The Kier molecular flexibility index (Phi) is 1.99. The SMILES string of the molecule is Cc1occ(C)c(=O)c1C(N)=O. The van der Waals surface area contributed by atoms with Crippen LogP contribution in [-0.4, -0.2) is 5.91 Å². The van der Waals surface area contributed by atoms with Crippen LogP contribution < -0.4 is 11.2 Å². The maximum atomic E-state index is 11.3. The molecule has 0 aromatic carbocycles. The lowest BCUT2D eigenvalue weighted by atomic mass is 10.1. The molecular weight excluding hydrogens is 158 g/mol. The minimum absolute atomic E-state index is 0.0602. The summed E-state index contributed by atoms with van der Waals surface area (Å²) in [6, 6.07) is 0. The van der Waals surface area contributed by atoms with E-state index in [1.165, 1.54) is 13.2 Å². The van der Waals surface area contributed by atoms with Gasteiger partial charge in [0.25, 0.3) is 5.91 Å². The van der Waals surface area contributed by atoms with Crippen molar-refractivity contribution < 1.29 is 9.21 Å². The minimum atomic E-state index is -0.745. The maximum Gasteiger partial charge on any atom is 0.256 e. The average Bonchev–Trinajstić information content (AvgIpc) is 1.97. The number of aryl methyl sites for hydroxylation is 2. The molecule has 0 radical (unpaired) electrons. The van der Waals surface area contributed by atoms with Crippen LogP contribution in [0, 0.1) is 13.8 Å². The van der Waals surface area contributed by atoms with Gasteiger partial charge in [-0.1, -0.05) is 0 Å². The molecule has 0 aliphatic rings. The van der Waals surface area contributed by atoms with Gasteiger partial charge in [0.05, 0.1) is 6.26 Å². The Morgan fingerprint density at radius 3 is 2.50 bits per heavy atom. The lowest BCUT2D eigenvalue weighted by Crippen LogP contribution is -2.24. The Morgan fingerprint density at radius 2 is 2.08 bits per heavy atom. The molecule has 12 heavy (non-hydrogen) atoms. The number of primary amides is 1. The summed E-state index contributed by atoms with van der Waals surface area (Å²) < 4.78 is 4.93. The monoisotopic (exact) mass is 167 g/mol. The van der Waals surface area contributed by atoms with E-state index < -0.39 is 5.91 Å². The van der Waals surface area contributed by atoms with Crippen molar-refractivity contribution in [2.24, 2.45) is 5.73 Å². The van der Waals surface area contributed by atoms with Crippen molar-refractivity contribution in [3.05, 3.63) is 33.4 Å². The molecule has 2 N–H and O–H groups in total. The lowest BCUT2D eigenvalue weighted by molar-refractivity contribution is 0.0996. The maximum absolute atomic E-state index is 11.3. The zero-order valence-electron chi connectivity index (χ0n) is 6.88. The second-order valence-corrected chi connectivity index (χ2v) is 2.54. The van der Waals surface area contributed by atoms with Gasteiger partial charge in [-0.05, 0) is 13.8 Å². The van der Waals surface area contributed by atoms with Gasteiger partial charge in [0.1, 0.15) is 11.3 Å². The fraction of sp³-hybridized carbons (Fsp3) is 0.250. The molecule has 1 amide bonds. The highest BCUT2D eigenvalue weighted by Crippen LogP contribution is 2.02. The minimum Gasteiger partial charge on any atom is -0.468 e. The predicted octanol–water partition coefficient (Wildman–Crippen LogP) is 0.356. The fourth-order valence-electron chi connectivity index (χ4n) is 0.932. The largest absolute Gasteiger partial charge is 0.468 e. The summed E-state index contributed by atoms with van der Waals surface area (Å²) in [4.78, 5) is 22.0. The Bertz CT molecular complexity index is 378. The number of amides is 1. The smallest absolute Gasteiger partial charge is 0.256 e. The molecule has 0 fully saturated rings. The topological polar surface area (TPSA) is 73.3 Å². The van der Waals surface area contributed by atoms with Crippen molar-refractivity contribution in [2.45, 2.75) is 13.8 Å².